The molecule has 0 spiro atoms. The topological polar surface area (TPSA) is 46.2 Å². The first-order valence-electron chi connectivity index (χ1n) is 5.53. The molecule has 0 aromatic heterocycles. The second-order valence-electron chi connectivity index (χ2n) is 4.15. The van der Waals surface area contributed by atoms with Crippen LogP contribution < -0.4 is 4.72 Å². The molecule has 0 unspecified atom stereocenters. The van der Waals surface area contributed by atoms with E-state index in [0.29, 0.717) is 15.7 Å². The van der Waals surface area contributed by atoms with Crippen molar-refractivity contribution < 1.29 is 8.42 Å². The Morgan fingerprint density at radius 3 is 2.35 bits per heavy atom. The molecule has 0 saturated heterocycles. The number of hydrogen-bond donors (Lipinski definition) is 1. The van der Waals surface area contributed by atoms with Gasteiger partial charge in [0.2, 0.25) is 0 Å². The number of rotatable bonds is 3. The van der Waals surface area contributed by atoms with Crippen molar-refractivity contribution in [1.29, 1.82) is 0 Å². The van der Waals surface area contributed by atoms with Crippen LogP contribution in [-0.4, -0.2) is 8.42 Å². The van der Waals surface area contributed by atoms with Gasteiger partial charge in [-0.05, 0) is 48.9 Å². The SMILES string of the molecule is Cc1cc(S(=O)(=O)Nc2ccc(Cl)c(Cl)c2)ccc1Br. The summed E-state index contributed by atoms with van der Waals surface area (Å²) in [5, 5.41) is 0.660. The van der Waals surface area contributed by atoms with E-state index in [9.17, 15) is 8.42 Å². The van der Waals surface area contributed by atoms with E-state index in [1.165, 1.54) is 18.2 Å². The second kappa shape index (κ2) is 5.93. The monoisotopic (exact) mass is 393 g/mol. The molecular weight excluding hydrogens is 385 g/mol. The summed E-state index contributed by atoms with van der Waals surface area (Å²) in [5.41, 5.74) is 1.20. The van der Waals surface area contributed by atoms with Crippen LogP contribution in [0.5, 0.6) is 0 Å². The summed E-state index contributed by atoms with van der Waals surface area (Å²) in [6, 6.07) is 9.36. The molecule has 0 radical (unpaired) electrons. The fourth-order valence-electron chi connectivity index (χ4n) is 1.56. The van der Waals surface area contributed by atoms with Gasteiger partial charge >= 0.3 is 0 Å². The van der Waals surface area contributed by atoms with Crippen LogP contribution in [0.15, 0.2) is 45.8 Å². The van der Waals surface area contributed by atoms with Crippen LogP contribution in [0.1, 0.15) is 5.56 Å². The average Bonchev–Trinajstić information content (AvgIpc) is 2.37. The Balaban J connectivity index is 2.35. The fourth-order valence-corrected chi connectivity index (χ4v) is 3.24. The summed E-state index contributed by atoms with van der Waals surface area (Å²) in [5.74, 6) is 0. The van der Waals surface area contributed by atoms with Gasteiger partial charge in [-0.1, -0.05) is 39.1 Å². The van der Waals surface area contributed by atoms with E-state index in [2.05, 4.69) is 20.7 Å². The lowest BCUT2D eigenvalue weighted by Gasteiger charge is -2.10. The normalized spacial score (nSPS) is 11.4. The molecule has 0 heterocycles. The molecule has 2 aromatic rings. The molecule has 0 atom stereocenters. The summed E-state index contributed by atoms with van der Waals surface area (Å²) < 4.78 is 27.8. The molecule has 0 aliphatic rings. The zero-order valence-corrected chi connectivity index (χ0v) is 14.2. The number of hydrogen-bond acceptors (Lipinski definition) is 2. The first kappa shape index (κ1) is 15.6. The third-order valence-corrected chi connectivity index (χ3v) is 5.62. The predicted molar refractivity (Wildman–Crippen MR) is 86.1 cm³/mol. The number of sulfonamides is 1. The van der Waals surface area contributed by atoms with Gasteiger partial charge in [-0.3, -0.25) is 4.72 Å². The van der Waals surface area contributed by atoms with Crippen molar-refractivity contribution in [2.24, 2.45) is 0 Å². The Labute approximate surface area is 136 Å². The van der Waals surface area contributed by atoms with E-state index >= 15 is 0 Å². The van der Waals surface area contributed by atoms with E-state index < -0.39 is 10.0 Å². The smallest absolute Gasteiger partial charge is 0.261 e. The van der Waals surface area contributed by atoms with Crippen LogP contribution >= 0.6 is 39.1 Å². The third kappa shape index (κ3) is 3.47. The Morgan fingerprint density at radius 1 is 1.05 bits per heavy atom. The maximum atomic E-state index is 12.3. The average molecular weight is 395 g/mol. The van der Waals surface area contributed by atoms with E-state index in [4.69, 9.17) is 23.2 Å². The van der Waals surface area contributed by atoms with E-state index in [0.717, 1.165) is 10.0 Å². The van der Waals surface area contributed by atoms with Crippen LogP contribution in [-0.2, 0) is 10.0 Å². The van der Waals surface area contributed by atoms with Gasteiger partial charge in [-0.2, -0.15) is 0 Å². The number of benzene rings is 2. The van der Waals surface area contributed by atoms with Crippen LogP contribution in [0.25, 0.3) is 0 Å². The van der Waals surface area contributed by atoms with Gasteiger partial charge in [0.05, 0.1) is 20.6 Å². The van der Waals surface area contributed by atoms with Crippen molar-refractivity contribution in [2.45, 2.75) is 11.8 Å². The minimum absolute atomic E-state index is 0.185. The van der Waals surface area contributed by atoms with Gasteiger partial charge in [-0.25, -0.2) is 8.42 Å². The molecule has 0 fully saturated rings. The molecule has 0 amide bonds. The Morgan fingerprint density at radius 2 is 1.75 bits per heavy atom. The summed E-state index contributed by atoms with van der Waals surface area (Å²) >= 11 is 15.0. The quantitative estimate of drug-likeness (QED) is 0.807. The van der Waals surface area contributed by atoms with E-state index in [-0.39, 0.29) is 4.90 Å². The van der Waals surface area contributed by atoms with Gasteiger partial charge in [-0.15, -0.1) is 0 Å². The van der Waals surface area contributed by atoms with E-state index in [1.54, 1.807) is 18.2 Å². The van der Waals surface area contributed by atoms with Crippen molar-refractivity contribution in [3.05, 3.63) is 56.5 Å². The zero-order valence-electron chi connectivity index (χ0n) is 10.3. The molecule has 0 saturated carbocycles. The van der Waals surface area contributed by atoms with Crippen molar-refractivity contribution in [2.75, 3.05) is 4.72 Å². The van der Waals surface area contributed by atoms with Gasteiger partial charge in [0.25, 0.3) is 10.0 Å². The highest BCUT2D eigenvalue weighted by molar-refractivity contribution is 9.10. The number of nitrogens with one attached hydrogen (secondary N) is 1. The molecule has 106 valence electrons. The Hall–Kier alpha value is -0.750. The largest absolute Gasteiger partial charge is 0.280 e. The molecule has 20 heavy (non-hydrogen) atoms. The molecule has 2 rings (SSSR count). The maximum Gasteiger partial charge on any atom is 0.261 e. The first-order valence-corrected chi connectivity index (χ1v) is 8.57. The molecule has 2 aromatic carbocycles. The third-order valence-electron chi connectivity index (χ3n) is 2.61. The summed E-state index contributed by atoms with van der Waals surface area (Å²) in [6.07, 6.45) is 0. The lowest BCUT2D eigenvalue weighted by molar-refractivity contribution is 0.601. The molecule has 0 bridgehead atoms. The molecule has 0 aliphatic carbocycles. The first-order chi connectivity index (χ1) is 9.29. The molecular formula is C13H10BrCl2NO2S. The number of aryl methyl sites for hydroxylation is 1. The summed E-state index contributed by atoms with van der Waals surface area (Å²) in [6.45, 7) is 1.82. The van der Waals surface area contributed by atoms with Crippen molar-refractivity contribution in [3.8, 4) is 0 Å². The van der Waals surface area contributed by atoms with Crippen LogP contribution in [0.3, 0.4) is 0 Å². The van der Waals surface area contributed by atoms with Gasteiger partial charge < -0.3 is 0 Å². The minimum atomic E-state index is -3.65. The van der Waals surface area contributed by atoms with Crippen molar-refractivity contribution in [3.63, 3.8) is 0 Å². The predicted octanol–water partition coefficient (Wildman–Crippen LogP) is 4.87. The standard InChI is InChI=1S/C13H10BrCl2NO2S/c1-8-6-10(3-4-11(8)14)20(18,19)17-9-2-5-12(15)13(16)7-9/h2-7,17H,1H3. The highest BCUT2D eigenvalue weighted by atomic mass is 79.9. The van der Waals surface area contributed by atoms with Gasteiger partial charge in [0.1, 0.15) is 0 Å². The number of halogens is 3. The second-order valence-corrected chi connectivity index (χ2v) is 7.50. The summed E-state index contributed by atoms with van der Waals surface area (Å²) in [7, 11) is -3.65. The van der Waals surface area contributed by atoms with Gasteiger partial charge in [0, 0.05) is 4.47 Å². The van der Waals surface area contributed by atoms with E-state index in [1.807, 2.05) is 6.92 Å². The van der Waals surface area contributed by atoms with Crippen molar-refractivity contribution in [1.82, 2.24) is 0 Å². The Kier molecular flexibility index (Phi) is 4.64. The molecule has 1 N–H and O–H groups in total. The van der Waals surface area contributed by atoms with Crippen LogP contribution in [0.2, 0.25) is 10.0 Å². The summed E-state index contributed by atoms with van der Waals surface area (Å²) in [4.78, 5) is 0.185. The molecule has 3 nitrogen and oxygen atoms in total. The fraction of sp³-hybridized carbons (Fsp3) is 0.0769. The lowest BCUT2D eigenvalue weighted by atomic mass is 10.2. The minimum Gasteiger partial charge on any atom is -0.280 e. The maximum absolute atomic E-state index is 12.3. The van der Waals surface area contributed by atoms with Gasteiger partial charge in [0.15, 0.2) is 0 Å². The molecule has 7 heteroatoms. The molecule has 0 aliphatic heterocycles. The van der Waals surface area contributed by atoms with Crippen molar-refractivity contribution >= 4 is 54.8 Å². The van der Waals surface area contributed by atoms with Crippen LogP contribution in [0.4, 0.5) is 5.69 Å². The highest BCUT2D eigenvalue weighted by Gasteiger charge is 2.15. The lowest BCUT2D eigenvalue weighted by Crippen LogP contribution is -2.13. The zero-order chi connectivity index (χ0) is 14.9. The highest BCUT2D eigenvalue weighted by Crippen LogP contribution is 2.27. The Bertz CT molecular complexity index is 763. The number of anilines is 1. The van der Waals surface area contributed by atoms with Crippen LogP contribution in [0, 0.1) is 6.92 Å².